The van der Waals surface area contributed by atoms with E-state index in [1.807, 2.05) is 43.4 Å². The van der Waals surface area contributed by atoms with E-state index < -0.39 is 0 Å². The molecule has 4 heteroatoms. The third-order valence-corrected chi connectivity index (χ3v) is 4.62. The maximum atomic E-state index is 12.4. The van der Waals surface area contributed by atoms with Gasteiger partial charge in [-0.1, -0.05) is 55.1 Å². The van der Waals surface area contributed by atoms with E-state index in [9.17, 15) is 9.59 Å². The van der Waals surface area contributed by atoms with Gasteiger partial charge in [0.2, 0.25) is 0 Å². The monoisotopic (exact) mass is 318 g/mol. The van der Waals surface area contributed by atoms with Crippen LogP contribution in [0.1, 0.15) is 41.6 Å². The van der Waals surface area contributed by atoms with Crippen LogP contribution in [0.5, 0.6) is 0 Å². The fourth-order valence-corrected chi connectivity index (χ4v) is 3.12. The lowest BCUT2D eigenvalue weighted by Gasteiger charge is -2.12. The zero-order chi connectivity index (χ0) is 15.2. The summed E-state index contributed by atoms with van der Waals surface area (Å²) in [6, 6.07) is 7.36. The number of carbonyl (C=O) groups excluding carboxylic acids is 2. The first-order valence-electron chi connectivity index (χ1n) is 6.92. The van der Waals surface area contributed by atoms with E-state index in [4.69, 9.17) is 0 Å². The van der Waals surface area contributed by atoms with Crippen molar-refractivity contribution >= 4 is 35.3 Å². The molecule has 2 rings (SSSR count). The molecule has 1 aliphatic rings. The highest BCUT2D eigenvalue weighted by atomic mass is 32.2. The number of Topliss-reactive ketones (excluding diaryl/α,β-unsaturated/α-hetero) is 1. The fourth-order valence-electron chi connectivity index (χ4n) is 2.22. The van der Waals surface area contributed by atoms with E-state index in [0.29, 0.717) is 10.6 Å². The number of carbonyl (C=O) groups is 2. The molecule has 1 unspecified atom stereocenters. The Hall–Kier alpha value is -1.26. The largest absolute Gasteiger partial charge is 0.289 e. The molecule has 0 aromatic heterocycles. The summed E-state index contributed by atoms with van der Waals surface area (Å²) in [6.07, 6.45) is 7.77. The van der Waals surface area contributed by atoms with Crippen LogP contribution >= 0.6 is 24.4 Å². The van der Waals surface area contributed by atoms with Crippen LogP contribution in [0.25, 0.3) is 0 Å². The van der Waals surface area contributed by atoms with Crippen LogP contribution in [0.4, 0.5) is 0 Å². The van der Waals surface area contributed by atoms with E-state index in [1.165, 1.54) is 11.8 Å². The molecule has 0 saturated heterocycles. The van der Waals surface area contributed by atoms with E-state index in [2.05, 4.69) is 12.6 Å². The standard InChI is InChI=1S/C17H18O2S2/c1-12(17(19)21-11-20)14-8-5-9-15(10-14)16(18)13-6-3-2-4-7-13/h3,5-10,12,20H,2,4,11H2,1H3. The lowest BCUT2D eigenvalue weighted by atomic mass is 9.94. The van der Waals surface area contributed by atoms with Crippen LogP contribution in [0.2, 0.25) is 0 Å². The SMILES string of the molecule is CC(C(=O)SCS)c1cccc(C(=O)C2=CCCC=C2)c1. The van der Waals surface area contributed by atoms with E-state index in [1.54, 1.807) is 6.07 Å². The van der Waals surface area contributed by atoms with Gasteiger partial charge in [0.15, 0.2) is 10.9 Å². The quantitative estimate of drug-likeness (QED) is 0.496. The number of thiol groups is 1. The molecule has 0 heterocycles. The summed E-state index contributed by atoms with van der Waals surface area (Å²) in [4.78, 5) is 24.4. The van der Waals surface area contributed by atoms with Crippen molar-refractivity contribution in [2.24, 2.45) is 0 Å². The summed E-state index contributed by atoms with van der Waals surface area (Å²) in [7, 11) is 0. The van der Waals surface area contributed by atoms with Crippen LogP contribution in [-0.2, 0) is 4.79 Å². The maximum Gasteiger partial charge on any atom is 0.196 e. The van der Waals surface area contributed by atoms with Gasteiger partial charge < -0.3 is 0 Å². The fraction of sp³-hybridized carbons (Fsp3) is 0.294. The molecule has 110 valence electrons. The third kappa shape index (κ3) is 4.11. The molecule has 1 aromatic rings. The summed E-state index contributed by atoms with van der Waals surface area (Å²) >= 11 is 5.26. The minimum atomic E-state index is -0.231. The second-order valence-electron chi connectivity index (χ2n) is 4.91. The van der Waals surface area contributed by atoms with Crippen LogP contribution < -0.4 is 0 Å². The molecular formula is C17H18O2S2. The predicted molar refractivity (Wildman–Crippen MR) is 92.1 cm³/mol. The Kier molecular flexibility index (Phi) is 5.88. The van der Waals surface area contributed by atoms with Gasteiger partial charge in [0.05, 0.1) is 5.92 Å². The van der Waals surface area contributed by atoms with E-state index in [0.717, 1.165) is 24.0 Å². The number of benzene rings is 1. The molecule has 1 aromatic carbocycles. The maximum absolute atomic E-state index is 12.4. The first-order chi connectivity index (χ1) is 10.1. The molecule has 0 bridgehead atoms. The third-order valence-electron chi connectivity index (χ3n) is 3.47. The van der Waals surface area contributed by atoms with Crippen molar-refractivity contribution in [1.82, 2.24) is 0 Å². The van der Waals surface area contributed by atoms with Gasteiger partial charge in [0.25, 0.3) is 0 Å². The Labute approximate surface area is 135 Å². The lowest BCUT2D eigenvalue weighted by molar-refractivity contribution is -0.111. The highest BCUT2D eigenvalue weighted by molar-refractivity contribution is 8.20. The molecule has 0 fully saturated rings. The van der Waals surface area contributed by atoms with Gasteiger partial charge >= 0.3 is 0 Å². The zero-order valence-corrected chi connectivity index (χ0v) is 13.6. The molecule has 2 nitrogen and oxygen atoms in total. The summed E-state index contributed by atoms with van der Waals surface area (Å²) in [5.41, 5.74) is 2.25. The van der Waals surface area contributed by atoms with E-state index in [-0.39, 0.29) is 16.8 Å². The predicted octanol–water partition coefficient (Wildman–Crippen LogP) is 4.40. The molecule has 0 saturated carbocycles. The van der Waals surface area contributed by atoms with Gasteiger partial charge in [0, 0.05) is 16.2 Å². The molecule has 0 amide bonds. The highest BCUT2D eigenvalue weighted by Crippen LogP contribution is 2.25. The lowest BCUT2D eigenvalue weighted by Crippen LogP contribution is -2.08. The summed E-state index contributed by atoms with van der Waals surface area (Å²) < 4.78 is 0. The smallest absolute Gasteiger partial charge is 0.196 e. The zero-order valence-electron chi connectivity index (χ0n) is 11.9. The molecule has 0 radical (unpaired) electrons. The van der Waals surface area contributed by atoms with Crippen molar-refractivity contribution in [1.29, 1.82) is 0 Å². The van der Waals surface area contributed by atoms with Gasteiger partial charge in [-0.25, -0.2) is 0 Å². The van der Waals surface area contributed by atoms with Crippen LogP contribution in [0, 0.1) is 0 Å². The number of allylic oxidation sites excluding steroid dienone is 4. The highest BCUT2D eigenvalue weighted by Gasteiger charge is 2.18. The Morgan fingerprint density at radius 1 is 1.33 bits per heavy atom. The van der Waals surface area contributed by atoms with Crippen molar-refractivity contribution < 1.29 is 9.59 Å². The van der Waals surface area contributed by atoms with Gasteiger partial charge in [-0.2, -0.15) is 12.6 Å². The topological polar surface area (TPSA) is 34.1 Å². The molecule has 0 N–H and O–H groups in total. The van der Waals surface area contributed by atoms with Crippen LogP contribution in [0.3, 0.4) is 0 Å². The normalized spacial score (nSPS) is 15.4. The Bertz CT molecular complexity index is 603. The summed E-state index contributed by atoms with van der Waals surface area (Å²) in [5, 5.41) is 0.547. The van der Waals surface area contributed by atoms with Crippen molar-refractivity contribution in [2.75, 3.05) is 5.08 Å². The molecular weight excluding hydrogens is 300 g/mol. The minimum Gasteiger partial charge on any atom is -0.289 e. The molecule has 1 atom stereocenters. The molecule has 0 spiro atoms. The Balaban J connectivity index is 2.21. The van der Waals surface area contributed by atoms with Crippen molar-refractivity contribution in [2.45, 2.75) is 25.7 Å². The number of thioether (sulfide) groups is 1. The molecule has 1 aliphatic carbocycles. The summed E-state index contributed by atoms with van der Waals surface area (Å²) in [5.74, 6) is -0.208. The van der Waals surface area contributed by atoms with Gasteiger partial charge in [0.1, 0.15) is 0 Å². The van der Waals surface area contributed by atoms with Crippen molar-refractivity contribution in [3.63, 3.8) is 0 Å². The van der Waals surface area contributed by atoms with Crippen LogP contribution in [0.15, 0.2) is 48.1 Å². The van der Waals surface area contributed by atoms with E-state index >= 15 is 0 Å². The average Bonchev–Trinajstić information content (AvgIpc) is 2.54. The van der Waals surface area contributed by atoms with Gasteiger partial charge in [-0.05, 0) is 24.5 Å². The molecule has 0 aliphatic heterocycles. The summed E-state index contributed by atoms with van der Waals surface area (Å²) in [6.45, 7) is 1.86. The van der Waals surface area contributed by atoms with Crippen molar-refractivity contribution in [3.8, 4) is 0 Å². The minimum absolute atomic E-state index is 0.0225. The first-order valence-corrected chi connectivity index (χ1v) is 8.54. The average molecular weight is 318 g/mol. The Morgan fingerprint density at radius 3 is 2.81 bits per heavy atom. The van der Waals surface area contributed by atoms with Crippen molar-refractivity contribution in [3.05, 3.63) is 59.2 Å². The second-order valence-corrected chi connectivity index (χ2v) is 6.63. The second kappa shape index (κ2) is 7.66. The Morgan fingerprint density at radius 2 is 2.14 bits per heavy atom. The van der Waals surface area contributed by atoms with Crippen LogP contribution in [-0.4, -0.2) is 16.0 Å². The number of hydrogen-bond donors (Lipinski definition) is 1. The number of ketones is 1. The first kappa shape index (κ1) is 16.1. The number of rotatable bonds is 5. The van der Waals surface area contributed by atoms with Gasteiger partial charge in [-0.15, -0.1) is 0 Å². The number of hydrogen-bond acceptors (Lipinski definition) is 4. The molecule has 21 heavy (non-hydrogen) atoms. The van der Waals surface area contributed by atoms with Gasteiger partial charge in [-0.3, -0.25) is 9.59 Å².